The molecule has 0 unspecified atom stereocenters. The third-order valence-corrected chi connectivity index (χ3v) is 6.09. The first-order chi connectivity index (χ1) is 15.8. The SMILES string of the molecule is O=C(CSc1nnc(CCc2ccccc2)n1Cc1ccccc1)NCc1ccccc1. The van der Waals surface area contributed by atoms with Crippen LogP contribution in [0.4, 0.5) is 0 Å². The van der Waals surface area contributed by atoms with E-state index in [0.29, 0.717) is 18.8 Å². The van der Waals surface area contributed by atoms with E-state index in [4.69, 9.17) is 0 Å². The van der Waals surface area contributed by atoms with Crippen molar-refractivity contribution >= 4 is 17.7 Å². The van der Waals surface area contributed by atoms with Gasteiger partial charge in [0.05, 0.1) is 12.3 Å². The van der Waals surface area contributed by atoms with Crippen LogP contribution in [-0.2, 0) is 30.7 Å². The molecule has 4 aromatic rings. The van der Waals surface area contributed by atoms with Gasteiger partial charge in [0.1, 0.15) is 5.82 Å². The Hall–Kier alpha value is -3.38. The molecule has 0 saturated carbocycles. The maximum Gasteiger partial charge on any atom is 0.230 e. The maximum absolute atomic E-state index is 12.4. The number of carbonyl (C=O) groups is 1. The highest BCUT2D eigenvalue weighted by molar-refractivity contribution is 7.99. The van der Waals surface area contributed by atoms with E-state index in [1.165, 1.54) is 22.9 Å². The predicted molar refractivity (Wildman–Crippen MR) is 128 cm³/mol. The number of benzene rings is 3. The fourth-order valence-corrected chi connectivity index (χ4v) is 4.20. The van der Waals surface area contributed by atoms with Crippen molar-refractivity contribution in [3.05, 3.63) is 114 Å². The first-order valence-electron chi connectivity index (χ1n) is 10.7. The number of rotatable bonds is 10. The van der Waals surface area contributed by atoms with Gasteiger partial charge in [0.25, 0.3) is 0 Å². The molecule has 5 nitrogen and oxygen atoms in total. The highest BCUT2D eigenvalue weighted by Crippen LogP contribution is 2.20. The highest BCUT2D eigenvalue weighted by atomic mass is 32.2. The molecule has 0 fully saturated rings. The number of aromatic nitrogens is 3. The second kappa shape index (κ2) is 11.3. The van der Waals surface area contributed by atoms with Gasteiger partial charge in [-0.05, 0) is 23.1 Å². The number of aryl methyl sites for hydroxylation is 2. The third-order valence-electron chi connectivity index (χ3n) is 5.12. The number of thioether (sulfide) groups is 1. The number of carbonyl (C=O) groups excluding carboxylic acids is 1. The lowest BCUT2D eigenvalue weighted by Crippen LogP contribution is -2.24. The summed E-state index contributed by atoms with van der Waals surface area (Å²) in [6, 6.07) is 30.6. The zero-order valence-electron chi connectivity index (χ0n) is 17.9. The first kappa shape index (κ1) is 21.8. The standard InChI is InChI=1S/C26H26N4OS/c31-25(27-18-22-12-6-2-7-13-22)20-32-26-29-28-24(17-16-21-10-4-1-5-11-21)30(26)19-23-14-8-3-9-15-23/h1-15H,16-20H2,(H,27,31). The average molecular weight is 443 g/mol. The molecule has 0 bridgehead atoms. The Kier molecular flexibility index (Phi) is 7.71. The quantitative estimate of drug-likeness (QED) is 0.367. The van der Waals surface area contributed by atoms with Gasteiger partial charge in [0.15, 0.2) is 5.16 Å². The molecule has 6 heteroatoms. The van der Waals surface area contributed by atoms with Gasteiger partial charge in [-0.15, -0.1) is 10.2 Å². The molecule has 0 saturated heterocycles. The molecule has 162 valence electrons. The zero-order chi connectivity index (χ0) is 22.0. The highest BCUT2D eigenvalue weighted by Gasteiger charge is 2.15. The summed E-state index contributed by atoms with van der Waals surface area (Å²) >= 11 is 1.43. The third kappa shape index (κ3) is 6.31. The Labute approximate surface area is 192 Å². The molecule has 4 rings (SSSR count). The number of nitrogens with one attached hydrogen (secondary N) is 1. The van der Waals surface area contributed by atoms with E-state index >= 15 is 0 Å². The monoisotopic (exact) mass is 442 g/mol. The fraction of sp³-hybridized carbons (Fsp3) is 0.192. The smallest absolute Gasteiger partial charge is 0.230 e. The summed E-state index contributed by atoms with van der Waals surface area (Å²) in [6.07, 6.45) is 1.70. The lowest BCUT2D eigenvalue weighted by Gasteiger charge is -2.11. The van der Waals surface area contributed by atoms with Gasteiger partial charge in [0, 0.05) is 13.0 Å². The molecular formula is C26H26N4OS. The van der Waals surface area contributed by atoms with E-state index in [9.17, 15) is 4.79 Å². The second-order valence-electron chi connectivity index (χ2n) is 7.51. The Morgan fingerprint density at radius 1 is 0.750 bits per heavy atom. The number of hydrogen-bond donors (Lipinski definition) is 1. The van der Waals surface area contributed by atoms with Gasteiger partial charge in [-0.2, -0.15) is 0 Å². The maximum atomic E-state index is 12.4. The molecule has 0 radical (unpaired) electrons. The van der Waals surface area contributed by atoms with Crippen LogP contribution >= 0.6 is 11.8 Å². The van der Waals surface area contributed by atoms with Crippen molar-refractivity contribution < 1.29 is 4.79 Å². The Morgan fingerprint density at radius 3 is 2.00 bits per heavy atom. The van der Waals surface area contributed by atoms with Crippen molar-refractivity contribution in [2.24, 2.45) is 0 Å². The van der Waals surface area contributed by atoms with Gasteiger partial charge in [0.2, 0.25) is 5.91 Å². The van der Waals surface area contributed by atoms with E-state index in [0.717, 1.165) is 29.4 Å². The van der Waals surface area contributed by atoms with E-state index in [1.807, 2.05) is 54.6 Å². The van der Waals surface area contributed by atoms with Crippen molar-refractivity contribution in [3.8, 4) is 0 Å². The van der Waals surface area contributed by atoms with Crippen molar-refractivity contribution in [2.45, 2.75) is 31.1 Å². The Bertz CT molecular complexity index is 1110. The van der Waals surface area contributed by atoms with E-state index < -0.39 is 0 Å². The summed E-state index contributed by atoms with van der Waals surface area (Å²) in [5.41, 5.74) is 3.54. The van der Waals surface area contributed by atoms with Crippen LogP contribution in [0.25, 0.3) is 0 Å². The predicted octanol–water partition coefficient (Wildman–Crippen LogP) is 4.52. The van der Waals surface area contributed by atoms with Crippen molar-refractivity contribution in [1.29, 1.82) is 0 Å². The number of hydrogen-bond acceptors (Lipinski definition) is 4. The van der Waals surface area contributed by atoms with Crippen LogP contribution < -0.4 is 5.32 Å². The fourth-order valence-electron chi connectivity index (χ4n) is 3.41. The number of amides is 1. The topological polar surface area (TPSA) is 59.8 Å². The normalized spacial score (nSPS) is 10.8. The minimum absolute atomic E-state index is 0.0149. The lowest BCUT2D eigenvalue weighted by molar-refractivity contribution is -0.118. The van der Waals surface area contributed by atoms with E-state index in [-0.39, 0.29) is 5.91 Å². The van der Waals surface area contributed by atoms with Gasteiger partial charge < -0.3 is 9.88 Å². The van der Waals surface area contributed by atoms with Crippen molar-refractivity contribution in [2.75, 3.05) is 5.75 Å². The van der Waals surface area contributed by atoms with Crippen LogP contribution in [0.15, 0.2) is 96.2 Å². The molecule has 0 spiro atoms. The van der Waals surface area contributed by atoms with Crippen LogP contribution in [0, 0.1) is 0 Å². The largest absolute Gasteiger partial charge is 0.351 e. The minimum atomic E-state index is -0.0149. The van der Waals surface area contributed by atoms with Crippen LogP contribution in [0.5, 0.6) is 0 Å². The second-order valence-corrected chi connectivity index (χ2v) is 8.45. The van der Waals surface area contributed by atoms with Crippen molar-refractivity contribution in [1.82, 2.24) is 20.1 Å². The Balaban J connectivity index is 1.41. The average Bonchev–Trinajstić information content (AvgIpc) is 3.23. The molecule has 1 aromatic heterocycles. The van der Waals surface area contributed by atoms with Crippen LogP contribution in [0.2, 0.25) is 0 Å². The van der Waals surface area contributed by atoms with Gasteiger partial charge in [-0.1, -0.05) is 103 Å². The molecule has 0 aliphatic rings. The minimum Gasteiger partial charge on any atom is -0.351 e. The Morgan fingerprint density at radius 2 is 1.34 bits per heavy atom. The summed E-state index contributed by atoms with van der Waals surface area (Å²) in [5.74, 6) is 1.22. The van der Waals surface area contributed by atoms with Gasteiger partial charge in [-0.3, -0.25) is 4.79 Å². The molecular weight excluding hydrogens is 416 g/mol. The van der Waals surface area contributed by atoms with Crippen LogP contribution in [0.3, 0.4) is 0 Å². The molecule has 0 atom stereocenters. The molecule has 1 amide bonds. The molecule has 32 heavy (non-hydrogen) atoms. The summed E-state index contributed by atoms with van der Waals surface area (Å²) in [7, 11) is 0. The summed E-state index contributed by atoms with van der Waals surface area (Å²) < 4.78 is 2.13. The summed E-state index contributed by atoms with van der Waals surface area (Å²) in [6.45, 7) is 1.21. The first-order valence-corrected chi connectivity index (χ1v) is 11.7. The van der Waals surface area contributed by atoms with Crippen LogP contribution in [-0.4, -0.2) is 26.4 Å². The molecule has 1 N–H and O–H groups in total. The van der Waals surface area contributed by atoms with Crippen molar-refractivity contribution in [3.63, 3.8) is 0 Å². The molecule has 1 heterocycles. The molecule has 3 aromatic carbocycles. The summed E-state index contributed by atoms with van der Waals surface area (Å²) in [5, 5.41) is 12.6. The van der Waals surface area contributed by atoms with E-state index in [1.54, 1.807) is 0 Å². The van der Waals surface area contributed by atoms with Gasteiger partial charge >= 0.3 is 0 Å². The number of nitrogens with zero attached hydrogens (tertiary/aromatic N) is 3. The van der Waals surface area contributed by atoms with Crippen LogP contribution in [0.1, 0.15) is 22.5 Å². The van der Waals surface area contributed by atoms with Gasteiger partial charge in [-0.25, -0.2) is 0 Å². The molecule has 0 aliphatic carbocycles. The lowest BCUT2D eigenvalue weighted by atomic mass is 10.1. The summed E-state index contributed by atoms with van der Waals surface area (Å²) in [4.78, 5) is 12.4. The zero-order valence-corrected chi connectivity index (χ0v) is 18.7. The molecule has 0 aliphatic heterocycles. The van der Waals surface area contributed by atoms with E-state index in [2.05, 4.69) is 56.5 Å².